The largest absolute Gasteiger partial charge is 0.494 e. The molecule has 1 N–H and O–H groups in total. The third kappa shape index (κ3) is 4.48. The third-order valence-electron chi connectivity index (χ3n) is 3.23. The molecule has 0 atom stereocenters. The first-order valence-corrected chi connectivity index (χ1v) is 7.73. The number of hydrogen-bond acceptors (Lipinski definition) is 2. The fourth-order valence-electron chi connectivity index (χ4n) is 2.21. The Morgan fingerprint density at radius 2 is 1.95 bits per heavy atom. The van der Waals surface area contributed by atoms with Crippen molar-refractivity contribution in [3.63, 3.8) is 0 Å². The van der Waals surface area contributed by atoms with E-state index in [4.69, 9.17) is 16.3 Å². The highest BCUT2D eigenvalue weighted by Crippen LogP contribution is 2.29. The van der Waals surface area contributed by atoms with Gasteiger partial charge in [0.05, 0.1) is 6.61 Å². The van der Waals surface area contributed by atoms with Gasteiger partial charge in [-0.1, -0.05) is 43.6 Å². The smallest absolute Gasteiger partial charge is 0.119 e. The van der Waals surface area contributed by atoms with Crippen molar-refractivity contribution < 1.29 is 4.74 Å². The molecule has 0 bridgehead atoms. The predicted octanol–water partition coefficient (Wildman–Crippen LogP) is 4.90. The topological polar surface area (TPSA) is 21.3 Å². The number of ether oxygens (including phenoxy) is 1. The van der Waals surface area contributed by atoms with E-state index in [1.54, 1.807) is 0 Å². The average molecular weight is 304 g/mol. The Kier molecular flexibility index (Phi) is 5.66. The van der Waals surface area contributed by atoms with Gasteiger partial charge in [-0.05, 0) is 47.9 Å². The van der Waals surface area contributed by atoms with Crippen LogP contribution in [0.4, 0.5) is 0 Å². The van der Waals surface area contributed by atoms with Crippen molar-refractivity contribution in [1.82, 2.24) is 5.32 Å². The number of hydrogen-bond donors (Lipinski definition) is 1. The summed E-state index contributed by atoms with van der Waals surface area (Å²) in [6.07, 6.45) is 0. The molecule has 2 aromatic carbocycles. The van der Waals surface area contributed by atoms with Crippen LogP contribution in [0.25, 0.3) is 11.1 Å². The normalized spacial score (nSPS) is 10.9. The van der Waals surface area contributed by atoms with Gasteiger partial charge in [-0.15, -0.1) is 0 Å². The van der Waals surface area contributed by atoms with E-state index >= 15 is 0 Å². The standard InChI is InChI=1S/C18H22ClNO/c1-4-21-17-7-5-6-14(10-17)18-11-16(19)9-8-15(18)12-20-13(2)3/h5-11,13,20H,4,12H2,1-3H3. The molecule has 2 rings (SSSR count). The Morgan fingerprint density at radius 1 is 1.14 bits per heavy atom. The number of rotatable bonds is 6. The van der Waals surface area contributed by atoms with Crippen LogP contribution >= 0.6 is 11.6 Å². The van der Waals surface area contributed by atoms with Gasteiger partial charge in [0, 0.05) is 17.6 Å². The fraction of sp³-hybridized carbons (Fsp3) is 0.333. The molecule has 0 aliphatic rings. The lowest BCUT2D eigenvalue weighted by Gasteiger charge is -2.14. The van der Waals surface area contributed by atoms with Crippen molar-refractivity contribution >= 4 is 11.6 Å². The molecule has 112 valence electrons. The van der Waals surface area contributed by atoms with Crippen molar-refractivity contribution in [2.24, 2.45) is 0 Å². The molecule has 0 saturated carbocycles. The summed E-state index contributed by atoms with van der Waals surface area (Å²) in [6.45, 7) is 7.77. The molecule has 0 aliphatic heterocycles. The maximum atomic E-state index is 6.18. The summed E-state index contributed by atoms with van der Waals surface area (Å²) in [4.78, 5) is 0. The number of benzene rings is 2. The number of halogens is 1. The SMILES string of the molecule is CCOc1cccc(-c2cc(Cl)ccc2CNC(C)C)c1. The molecule has 0 fully saturated rings. The van der Waals surface area contributed by atoms with E-state index in [1.165, 1.54) is 5.56 Å². The second kappa shape index (κ2) is 7.48. The highest BCUT2D eigenvalue weighted by Gasteiger charge is 2.08. The molecule has 0 unspecified atom stereocenters. The molecular formula is C18H22ClNO. The van der Waals surface area contributed by atoms with Gasteiger partial charge >= 0.3 is 0 Å². The lowest BCUT2D eigenvalue weighted by molar-refractivity contribution is 0.340. The lowest BCUT2D eigenvalue weighted by atomic mass is 9.99. The second-order valence-corrected chi connectivity index (χ2v) is 5.73. The maximum Gasteiger partial charge on any atom is 0.119 e. The zero-order chi connectivity index (χ0) is 15.2. The maximum absolute atomic E-state index is 6.18. The molecule has 0 radical (unpaired) electrons. The van der Waals surface area contributed by atoms with Crippen molar-refractivity contribution in [3.05, 3.63) is 53.1 Å². The van der Waals surface area contributed by atoms with Crippen molar-refractivity contribution in [1.29, 1.82) is 0 Å². The van der Waals surface area contributed by atoms with Crippen molar-refractivity contribution in [2.45, 2.75) is 33.4 Å². The fourth-order valence-corrected chi connectivity index (χ4v) is 2.38. The van der Waals surface area contributed by atoms with E-state index in [1.807, 2.05) is 31.2 Å². The van der Waals surface area contributed by atoms with Crippen LogP contribution in [0.3, 0.4) is 0 Å². The quantitative estimate of drug-likeness (QED) is 0.819. The van der Waals surface area contributed by atoms with Crippen LogP contribution in [0.15, 0.2) is 42.5 Å². The van der Waals surface area contributed by atoms with Crippen LogP contribution in [0.2, 0.25) is 5.02 Å². The Labute approximate surface area is 132 Å². The van der Waals surface area contributed by atoms with Crippen molar-refractivity contribution in [2.75, 3.05) is 6.61 Å². The highest BCUT2D eigenvalue weighted by molar-refractivity contribution is 6.30. The van der Waals surface area contributed by atoms with Gasteiger partial charge in [-0.25, -0.2) is 0 Å². The second-order valence-electron chi connectivity index (χ2n) is 5.30. The molecule has 0 heterocycles. The minimum Gasteiger partial charge on any atom is -0.494 e. The Morgan fingerprint density at radius 3 is 2.67 bits per heavy atom. The summed E-state index contributed by atoms with van der Waals surface area (Å²) >= 11 is 6.18. The highest BCUT2D eigenvalue weighted by atomic mass is 35.5. The van der Waals surface area contributed by atoms with E-state index in [0.717, 1.165) is 28.4 Å². The lowest BCUT2D eigenvalue weighted by Crippen LogP contribution is -2.22. The molecular weight excluding hydrogens is 282 g/mol. The van der Waals surface area contributed by atoms with Crippen LogP contribution in [0.1, 0.15) is 26.3 Å². The molecule has 2 nitrogen and oxygen atoms in total. The monoisotopic (exact) mass is 303 g/mol. The van der Waals surface area contributed by atoms with E-state index in [9.17, 15) is 0 Å². The zero-order valence-electron chi connectivity index (χ0n) is 12.8. The summed E-state index contributed by atoms with van der Waals surface area (Å²) in [5, 5.41) is 4.21. The van der Waals surface area contributed by atoms with Gasteiger partial charge < -0.3 is 10.1 Å². The molecule has 0 aliphatic carbocycles. The zero-order valence-corrected chi connectivity index (χ0v) is 13.6. The van der Waals surface area contributed by atoms with Crippen LogP contribution < -0.4 is 10.1 Å². The minimum atomic E-state index is 0.447. The first-order valence-electron chi connectivity index (χ1n) is 7.35. The van der Waals surface area contributed by atoms with Crippen LogP contribution in [-0.4, -0.2) is 12.6 Å². The van der Waals surface area contributed by atoms with E-state index in [0.29, 0.717) is 12.6 Å². The summed E-state index contributed by atoms with van der Waals surface area (Å²) in [5.74, 6) is 0.887. The van der Waals surface area contributed by atoms with Crippen molar-refractivity contribution in [3.8, 4) is 16.9 Å². The molecule has 2 aromatic rings. The summed E-state index contributed by atoms with van der Waals surface area (Å²) in [7, 11) is 0. The first kappa shape index (κ1) is 15.9. The van der Waals surface area contributed by atoms with Gasteiger partial charge in [0.25, 0.3) is 0 Å². The van der Waals surface area contributed by atoms with Gasteiger partial charge in [-0.2, -0.15) is 0 Å². The van der Waals surface area contributed by atoms with Gasteiger partial charge in [0.15, 0.2) is 0 Å². The summed E-state index contributed by atoms with van der Waals surface area (Å²) in [5.41, 5.74) is 3.52. The Balaban J connectivity index is 2.36. The Bertz CT molecular complexity index is 596. The van der Waals surface area contributed by atoms with Gasteiger partial charge in [-0.3, -0.25) is 0 Å². The summed E-state index contributed by atoms with van der Waals surface area (Å²) < 4.78 is 5.59. The molecule has 0 spiro atoms. The third-order valence-corrected chi connectivity index (χ3v) is 3.46. The molecule has 0 amide bonds. The van der Waals surface area contributed by atoms with Crippen LogP contribution in [0.5, 0.6) is 5.75 Å². The molecule has 3 heteroatoms. The minimum absolute atomic E-state index is 0.447. The molecule has 0 saturated heterocycles. The first-order chi connectivity index (χ1) is 10.1. The van der Waals surface area contributed by atoms with E-state index in [-0.39, 0.29) is 0 Å². The molecule has 0 aromatic heterocycles. The van der Waals surface area contributed by atoms with Crippen LogP contribution in [0, 0.1) is 0 Å². The summed E-state index contributed by atoms with van der Waals surface area (Å²) in [6, 6.07) is 14.6. The van der Waals surface area contributed by atoms with Gasteiger partial charge in [0.1, 0.15) is 5.75 Å². The van der Waals surface area contributed by atoms with E-state index < -0.39 is 0 Å². The predicted molar refractivity (Wildman–Crippen MR) is 90.0 cm³/mol. The van der Waals surface area contributed by atoms with Gasteiger partial charge in [0.2, 0.25) is 0 Å². The Hall–Kier alpha value is -1.51. The van der Waals surface area contributed by atoms with E-state index in [2.05, 4.69) is 37.4 Å². The van der Waals surface area contributed by atoms with Crippen LogP contribution in [-0.2, 0) is 6.54 Å². The average Bonchev–Trinajstić information content (AvgIpc) is 2.46. The number of nitrogens with one attached hydrogen (secondary N) is 1. The molecule has 21 heavy (non-hydrogen) atoms.